The summed E-state index contributed by atoms with van der Waals surface area (Å²) in [5, 5.41) is 4.34. The van der Waals surface area contributed by atoms with Crippen molar-refractivity contribution in [3.05, 3.63) is 15.3 Å². The minimum Gasteiger partial charge on any atom is -0.303 e. The second kappa shape index (κ2) is 5.46. The number of halogens is 2. The van der Waals surface area contributed by atoms with Crippen LogP contribution in [0, 0.1) is 0 Å². The van der Waals surface area contributed by atoms with Gasteiger partial charge in [0.05, 0.1) is 0 Å². The zero-order valence-electron chi connectivity index (χ0n) is 8.62. The molecule has 0 atom stereocenters. The molecular weight excluding hydrogens is 322 g/mol. The van der Waals surface area contributed by atoms with E-state index in [0.29, 0.717) is 0 Å². The fourth-order valence-electron chi connectivity index (χ4n) is 1.97. The standard InChI is InChI=1S/C10H15Br2N3/c11-9-8-10(12)15(13-9)7-3-6-14-4-1-2-5-14/h8H,1-7H2. The van der Waals surface area contributed by atoms with E-state index in [-0.39, 0.29) is 0 Å². The van der Waals surface area contributed by atoms with Gasteiger partial charge in [-0.3, -0.25) is 4.68 Å². The molecule has 2 heterocycles. The van der Waals surface area contributed by atoms with E-state index in [1.54, 1.807) is 0 Å². The van der Waals surface area contributed by atoms with Crippen LogP contribution in [0.15, 0.2) is 15.3 Å². The summed E-state index contributed by atoms with van der Waals surface area (Å²) in [5.41, 5.74) is 0. The number of hydrogen-bond acceptors (Lipinski definition) is 2. The van der Waals surface area contributed by atoms with E-state index in [9.17, 15) is 0 Å². The smallest absolute Gasteiger partial charge is 0.129 e. The normalized spacial score (nSPS) is 17.5. The van der Waals surface area contributed by atoms with Gasteiger partial charge in [-0.05, 0) is 70.8 Å². The predicted octanol–water partition coefficient (Wildman–Crippen LogP) is 2.89. The molecule has 15 heavy (non-hydrogen) atoms. The number of aromatic nitrogens is 2. The SMILES string of the molecule is Brc1cc(Br)n(CCCN2CCCC2)n1. The Kier molecular flexibility index (Phi) is 4.22. The average molecular weight is 337 g/mol. The van der Waals surface area contributed by atoms with Gasteiger partial charge in [0.1, 0.15) is 9.21 Å². The zero-order chi connectivity index (χ0) is 10.7. The monoisotopic (exact) mass is 335 g/mol. The highest BCUT2D eigenvalue weighted by atomic mass is 79.9. The zero-order valence-corrected chi connectivity index (χ0v) is 11.8. The Morgan fingerprint density at radius 3 is 2.53 bits per heavy atom. The van der Waals surface area contributed by atoms with Gasteiger partial charge in [0, 0.05) is 12.6 Å². The van der Waals surface area contributed by atoms with E-state index in [0.717, 1.165) is 15.8 Å². The number of hydrogen-bond donors (Lipinski definition) is 0. The lowest BCUT2D eigenvalue weighted by molar-refractivity contribution is 0.321. The molecule has 3 nitrogen and oxygen atoms in total. The molecule has 0 unspecified atom stereocenters. The van der Waals surface area contributed by atoms with E-state index in [2.05, 4.69) is 41.9 Å². The average Bonchev–Trinajstić information content (AvgIpc) is 2.77. The maximum Gasteiger partial charge on any atom is 0.129 e. The Labute approximate surface area is 107 Å². The summed E-state index contributed by atoms with van der Waals surface area (Å²) in [6.45, 7) is 4.75. The topological polar surface area (TPSA) is 21.1 Å². The molecule has 0 aromatic carbocycles. The van der Waals surface area contributed by atoms with Gasteiger partial charge in [0.25, 0.3) is 0 Å². The van der Waals surface area contributed by atoms with Crippen LogP contribution in [0.5, 0.6) is 0 Å². The van der Waals surface area contributed by atoms with Crippen LogP contribution >= 0.6 is 31.9 Å². The van der Waals surface area contributed by atoms with Crippen LogP contribution in [0.4, 0.5) is 0 Å². The highest BCUT2D eigenvalue weighted by Crippen LogP contribution is 2.16. The summed E-state index contributed by atoms with van der Waals surface area (Å²) in [6, 6.07) is 1.98. The van der Waals surface area contributed by atoms with Crippen LogP contribution in [0.25, 0.3) is 0 Å². The third-order valence-electron chi connectivity index (χ3n) is 2.74. The molecule has 0 saturated carbocycles. The Bertz CT molecular complexity index is 318. The van der Waals surface area contributed by atoms with Crippen LogP contribution in [-0.4, -0.2) is 34.3 Å². The molecule has 0 spiro atoms. The quantitative estimate of drug-likeness (QED) is 0.843. The molecule has 0 bridgehead atoms. The molecule has 1 aromatic heterocycles. The molecule has 1 aliphatic heterocycles. The Morgan fingerprint density at radius 2 is 1.93 bits per heavy atom. The van der Waals surface area contributed by atoms with E-state index in [1.165, 1.54) is 38.9 Å². The van der Waals surface area contributed by atoms with E-state index in [4.69, 9.17) is 0 Å². The first kappa shape index (κ1) is 11.6. The lowest BCUT2D eigenvalue weighted by atomic mass is 10.4. The second-order valence-corrected chi connectivity index (χ2v) is 5.54. The van der Waals surface area contributed by atoms with E-state index >= 15 is 0 Å². The van der Waals surface area contributed by atoms with Gasteiger partial charge in [-0.2, -0.15) is 5.10 Å². The Balaban J connectivity index is 1.75. The van der Waals surface area contributed by atoms with Crippen molar-refractivity contribution in [2.45, 2.75) is 25.8 Å². The van der Waals surface area contributed by atoms with Gasteiger partial charge in [-0.1, -0.05) is 0 Å². The molecule has 0 N–H and O–H groups in total. The number of nitrogens with zero attached hydrogens (tertiary/aromatic N) is 3. The number of likely N-dealkylation sites (tertiary alicyclic amines) is 1. The highest BCUT2D eigenvalue weighted by molar-refractivity contribution is 9.11. The molecule has 5 heteroatoms. The van der Waals surface area contributed by atoms with Gasteiger partial charge in [0.2, 0.25) is 0 Å². The predicted molar refractivity (Wildman–Crippen MR) is 67.9 cm³/mol. The van der Waals surface area contributed by atoms with Crippen LogP contribution in [0.2, 0.25) is 0 Å². The molecule has 1 fully saturated rings. The van der Waals surface area contributed by atoms with Crippen LogP contribution < -0.4 is 0 Å². The largest absolute Gasteiger partial charge is 0.303 e. The molecule has 2 rings (SSSR count). The maximum atomic E-state index is 4.34. The molecule has 1 saturated heterocycles. The van der Waals surface area contributed by atoms with Gasteiger partial charge in [-0.25, -0.2) is 0 Å². The molecule has 0 aliphatic carbocycles. The number of rotatable bonds is 4. The van der Waals surface area contributed by atoms with Crippen molar-refractivity contribution in [3.8, 4) is 0 Å². The van der Waals surface area contributed by atoms with Crippen molar-refractivity contribution in [1.29, 1.82) is 0 Å². The van der Waals surface area contributed by atoms with Gasteiger partial charge in [-0.15, -0.1) is 0 Å². The van der Waals surface area contributed by atoms with Crippen molar-refractivity contribution >= 4 is 31.9 Å². The summed E-state index contributed by atoms with van der Waals surface area (Å²) in [4.78, 5) is 2.53. The lowest BCUT2D eigenvalue weighted by Crippen LogP contribution is -2.21. The summed E-state index contributed by atoms with van der Waals surface area (Å²) in [7, 11) is 0. The van der Waals surface area contributed by atoms with E-state index in [1.807, 2.05) is 10.7 Å². The second-order valence-electron chi connectivity index (χ2n) is 3.92. The van der Waals surface area contributed by atoms with Crippen molar-refractivity contribution in [2.75, 3.05) is 19.6 Å². The summed E-state index contributed by atoms with van der Waals surface area (Å²) in [5.74, 6) is 0. The summed E-state index contributed by atoms with van der Waals surface area (Å²) >= 11 is 6.86. The molecule has 1 aliphatic rings. The van der Waals surface area contributed by atoms with Crippen LogP contribution in [-0.2, 0) is 6.54 Å². The molecular formula is C10H15Br2N3. The highest BCUT2D eigenvalue weighted by Gasteiger charge is 2.11. The number of aryl methyl sites for hydroxylation is 1. The van der Waals surface area contributed by atoms with Crippen molar-refractivity contribution < 1.29 is 0 Å². The third-order valence-corrected chi connectivity index (χ3v) is 3.77. The molecule has 84 valence electrons. The molecule has 0 amide bonds. The minimum absolute atomic E-state index is 0.899. The fraction of sp³-hybridized carbons (Fsp3) is 0.700. The minimum atomic E-state index is 0.899. The van der Waals surface area contributed by atoms with Crippen molar-refractivity contribution in [3.63, 3.8) is 0 Å². The van der Waals surface area contributed by atoms with E-state index < -0.39 is 0 Å². The van der Waals surface area contributed by atoms with Crippen molar-refractivity contribution in [1.82, 2.24) is 14.7 Å². The lowest BCUT2D eigenvalue weighted by Gasteiger charge is -2.14. The first-order chi connectivity index (χ1) is 7.25. The van der Waals surface area contributed by atoms with Crippen LogP contribution in [0.1, 0.15) is 19.3 Å². The van der Waals surface area contributed by atoms with Gasteiger partial charge in [0.15, 0.2) is 0 Å². The fourth-order valence-corrected chi connectivity index (χ4v) is 3.16. The first-order valence-corrected chi connectivity index (χ1v) is 6.95. The molecule has 0 radical (unpaired) electrons. The third kappa shape index (κ3) is 3.29. The Hall–Kier alpha value is 0.130. The van der Waals surface area contributed by atoms with Gasteiger partial charge >= 0.3 is 0 Å². The maximum absolute atomic E-state index is 4.34. The van der Waals surface area contributed by atoms with Gasteiger partial charge < -0.3 is 4.90 Å². The summed E-state index contributed by atoms with van der Waals surface area (Å²) in [6.07, 6.45) is 3.92. The first-order valence-electron chi connectivity index (χ1n) is 5.37. The van der Waals surface area contributed by atoms with Crippen molar-refractivity contribution in [2.24, 2.45) is 0 Å². The summed E-state index contributed by atoms with van der Waals surface area (Å²) < 4.78 is 3.95. The Morgan fingerprint density at radius 1 is 1.20 bits per heavy atom. The van der Waals surface area contributed by atoms with Crippen LogP contribution in [0.3, 0.4) is 0 Å². The molecule has 1 aromatic rings.